The van der Waals surface area contributed by atoms with E-state index in [0.29, 0.717) is 6.54 Å². The van der Waals surface area contributed by atoms with Gasteiger partial charge < -0.3 is 14.4 Å². The average Bonchev–Trinajstić information content (AvgIpc) is 2.79. The van der Waals surface area contributed by atoms with Gasteiger partial charge in [-0.3, -0.25) is 4.79 Å². The van der Waals surface area contributed by atoms with Crippen molar-refractivity contribution in [3.63, 3.8) is 0 Å². The van der Waals surface area contributed by atoms with E-state index in [4.69, 9.17) is 4.42 Å². The van der Waals surface area contributed by atoms with Gasteiger partial charge in [-0.05, 0) is 25.0 Å². The maximum Gasteiger partial charge on any atom is 0.311 e. The van der Waals surface area contributed by atoms with Gasteiger partial charge in [-0.2, -0.15) is 0 Å². The van der Waals surface area contributed by atoms with Crippen LogP contribution in [0.15, 0.2) is 29.0 Å². The zero-order valence-corrected chi connectivity index (χ0v) is 10.8. The van der Waals surface area contributed by atoms with Gasteiger partial charge in [0, 0.05) is 25.3 Å². The molecular formula is C14H16N2O3. The zero-order chi connectivity index (χ0) is 13.5. The summed E-state index contributed by atoms with van der Waals surface area (Å²) in [5, 5.41) is 9.36. The molecule has 2 aromatic rings. The minimum atomic E-state index is -0.689. The van der Waals surface area contributed by atoms with Crippen molar-refractivity contribution in [3.8, 4) is 0 Å². The Morgan fingerprint density at radius 3 is 2.95 bits per heavy atom. The van der Waals surface area contributed by atoms with E-state index in [1.807, 2.05) is 30.1 Å². The Hall–Kier alpha value is -2.04. The molecule has 1 aliphatic carbocycles. The molecule has 0 radical (unpaired) electrons. The smallest absolute Gasteiger partial charge is 0.311 e. The average molecular weight is 260 g/mol. The molecule has 1 saturated carbocycles. The van der Waals surface area contributed by atoms with E-state index in [2.05, 4.69) is 4.98 Å². The quantitative estimate of drug-likeness (QED) is 0.915. The highest BCUT2D eigenvalue weighted by Crippen LogP contribution is 2.42. The lowest BCUT2D eigenvalue weighted by atomic mass is 9.68. The van der Waals surface area contributed by atoms with Crippen LogP contribution in [0.25, 0.3) is 11.1 Å². The second kappa shape index (κ2) is 4.26. The molecule has 1 heterocycles. The first kappa shape index (κ1) is 12.0. The van der Waals surface area contributed by atoms with Gasteiger partial charge in [0.05, 0.1) is 5.41 Å². The predicted molar refractivity (Wildman–Crippen MR) is 71.2 cm³/mol. The molecule has 3 rings (SSSR count). The van der Waals surface area contributed by atoms with Crippen molar-refractivity contribution in [2.45, 2.75) is 19.3 Å². The van der Waals surface area contributed by atoms with Crippen LogP contribution in [0.3, 0.4) is 0 Å². The predicted octanol–water partition coefficient (Wildman–Crippen LogP) is 2.52. The third-order valence-corrected chi connectivity index (χ3v) is 4.06. The molecular weight excluding hydrogens is 244 g/mol. The number of aromatic nitrogens is 1. The van der Waals surface area contributed by atoms with Gasteiger partial charge in [0.1, 0.15) is 5.52 Å². The summed E-state index contributed by atoms with van der Waals surface area (Å²) in [4.78, 5) is 17.4. The molecule has 1 aromatic heterocycles. The summed E-state index contributed by atoms with van der Waals surface area (Å²) in [5.74, 6) is -0.689. The van der Waals surface area contributed by atoms with Gasteiger partial charge in [0.25, 0.3) is 0 Å². The molecule has 1 aliphatic rings. The van der Waals surface area contributed by atoms with Crippen molar-refractivity contribution in [2.75, 3.05) is 18.5 Å². The number of oxazole rings is 1. The van der Waals surface area contributed by atoms with Crippen molar-refractivity contribution in [1.82, 2.24) is 4.98 Å². The number of hydrogen-bond donors (Lipinski definition) is 1. The second-order valence-corrected chi connectivity index (χ2v) is 5.30. The van der Waals surface area contributed by atoms with Crippen LogP contribution in [-0.4, -0.2) is 29.7 Å². The molecule has 1 fully saturated rings. The number of carboxylic acid groups (broad SMARTS) is 1. The summed E-state index contributed by atoms with van der Waals surface area (Å²) >= 11 is 0. The van der Waals surface area contributed by atoms with Crippen LogP contribution in [0.1, 0.15) is 19.3 Å². The van der Waals surface area contributed by atoms with Crippen LogP contribution >= 0.6 is 0 Å². The minimum Gasteiger partial charge on any atom is -0.481 e. The fourth-order valence-corrected chi connectivity index (χ4v) is 2.67. The molecule has 1 aromatic carbocycles. The number of fused-ring (bicyclic) bond motifs is 1. The van der Waals surface area contributed by atoms with E-state index >= 15 is 0 Å². The lowest BCUT2D eigenvalue weighted by Gasteiger charge is -2.41. The first-order chi connectivity index (χ1) is 9.11. The first-order valence-corrected chi connectivity index (χ1v) is 6.39. The Bertz CT molecular complexity index is 616. The molecule has 0 spiro atoms. The summed E-state index contributed by atoms with van der Waals surface area (Å²) in [6.45, 7) is 0.530. The van der Waals surface area contributed by atoms with Crippen molar-refractivity contribution in [1.29, 1.82) is 0 Å². The molecule has 0 atom stereocenters. The van der Waals surface area contributed by atoms with E-state index in [0.717, 1.165) is 36.0 Å². The summed E-state index contributed by atoms with van der Waals surface area (Å²) in [6.07, 6.45) is 3.94. The normalized spacial score (nSPS) is 17.1. The van der Waals surface area contributed by atoms with Gasteiger partial charge in [-0.25, -0.2) is 4.98 Å². The second-order valence-electron chi connectivity index (χ2n) is 5.30. The number of rotatable bonds is 4. The van der Waals surface area contributed by atoms with E-state index in [1.165, 1.54) is 6.39 Å². The number of carbonyl (C=O) groups is 1. The van der Waals surface area contributed by atoms with Crippen LogP contribution in [0, 0.1) is 5.41 Å². The fraction of sp³-hybridized carbons (Fsp3) is 0.429. The lowest BCUT2D eigenvalue weighted by Crippen LogP contribution is -2.46. The minimum absolute atomic E-state index is 0.530. The van der Waals surface area contributed by atoms with Crippen LogP contribution in [-0.2, 0) is 4.79 Å². The number of anilines is 1. The number of carboxylic acids is 1. The largest absolute Gasteiger partial charge is 0.481 e. The fourth-order valence-electron chi connectivity index (χ4n) is 2.67. The summed E-state index contributed by atoms with van der Waals surface area (Å²) in [5.41, 5.74) is 1.92. The molecule has 0 saturated heterocycles. The summed E-state index contributed by atoms with van der Waals surface area (Å²) in [6, 6.07) is 5.73. The number of benzene rings is 1. The standard InChI is InChI=1S/C14H16N2O3/c1-16(8-14(13(17)18)5-2-6-14)10-3-4-11-12(7-10)19-9-15-11/h3-4,7,9H,2,5-6,8H2,1H3,(H,17,18). The molecule has 0 bridgehead atoms. The SMILES string of the molecule is CN(CC1(C(=O)O)CCC1)c1ccc2ncoc2c1. The lowest BCUT2D eigenvalue weighted by molar-refractivity contribution is -0.153. The molecule has 0 amide bonds. The molecule has 1 N–H and O–H groups in total. The Labute approximate surface area is 110 Å². The highest BCUT2D eigenvalue weighted by Gasteiger charge is 2.45. The Morgan fingerprint density at radius 1 is 1.53 bits per heavy atom. The van der Waals surface area contributed by atoms with Gasteiger partial charge >= 0.3 is 5.97 Å². The molecule has 100 valence electrons. The van der Waals surface area contributed by atoms with Gasteiger partial charge in [0.15, 0.2) is 12.0 Å². The first-order valence-electron chi connectivity index (χ1n) is 6.39. The molecule has 5 heteroatoms. The van der Waals surface area contributed by atoms with Crippen molar-refractivity contribution in [2.24, 2.45) is 5.41 Å². The monoisotopic (exact) mass is 260 g/mol. The maximum absolute atomic E-state index is 11.4. The van der Waals surface area contributed by atoms with Gasteiger partial charge in [0.2, 0.25) is 0 Å². The summed E-state index contributed by atoms with van der Waals surface area (Å²) < 4.78 is 5.27. The van der Waals surface area contributed by atoms with Gasteiger partial charge in [-0.15, -0.1) is 0 Å². The van der Waals surface area contributed by atoms with Crippen LogP contribution in [0.2, 0.25) is 0 Å². The third-order valence-electron chi connectivity index (χ3n) is 4.06. The highest BCUT2D eigenvalue weighted by atomic mass is 16.4. The van der Waals surface area contributed by atoms with Crippen molar-refractivity contribution < 1.29 is 14.3 Å². The highest BCUT2D eigenvalue weighted by molar-refractivity contribution is 5.79. The van der Waals surface area contributed by atoms with Crippen LogP contribution < -0.4 is 4.90 Å². The van der Waals surface area contributed by atoms with Crippen LogP contribution in [0.5, 0.6) is 0 Å². The number of nitrogens with zero attached hydrogens (tertiary/aromatic N) is 2. The van der Waals surface area contributed by atoms with Gasteiger partial charge in [-0.1, -0.05) is 6.42 Å². The Balaban J connectivity index is 1.83. The molecule has 5 nitrogen and oxygen atoms in total. The molecule has 0 unspecified atom stereocenters. The zero-order valence-electron chi connectivity index (χ0n) is 10.8. The molecule has 0 aliphatic heterocycles. The van der Waals surface area contributed by atoms with Crippen LogP contribution in [0.4, 0.5) is 5.69 Å². The van der Waals surface area contributed by atoms with Crippen molar-refractivity contribution in [3.05, 3.63) is 24.6 Å². The maximum atomic E-state index is 11.4. The topological polar surface area (TPSA) is 66.6 Å². The van der Waals surface area contributed by atoms with E-state index in [-0.39, 0.29) is 0 Å². The van der Waals surface area contributed by atoms with E-state index in [9.17, 15) is 9.90 Å². The summed E-state index contributed by atoms with van der Waals surface area (Å²) in [7, 11) is 1.92. The Kier molecular flexibility index (Phi) is 2.69. The number of hydrogen-bond acceptors (Lipinski definition) is 4. The molecule has 19 heavy (non-hydrogen) atoms. The van der Waals surface area contributed by atoms with Crippen molar-refractivity contribution >= 4 is 22.8 Å². The van der Waals surface area contributed by atoms with E-state index in [1.54, 1.807) is 0 Å². The van der Waals surface area contributed by atoms with E-state index < -0.39 is 11.4 Å². The third kappa shape index (κ3) is 1.95. The number of aliphatic carboxylic acids is 1. The Morgan fingerprint density at radius 2 is 2.32 bits per heavy atom.